The van der Waals surface area contributed by atoms with E-state index in [0.29, 0.717) is 18.9 Å². The van der Waals surface area contributed by atoms with Crippen LogP contribution in [0.5, 0.6) is 0 Å². The molecular weight excluding hydrogens is 248 g/mol. The van der Waals surface area contributed by atoms with Crippen LogP contribution >= 0.6 is 0 Å². The first-order valence-electron chi connectivity index (χ1n) is 5.85. The maximum absolute atomic E-state index is 10.9. The molecule has 2 rings (SSSR count). The summed E-state index contributed by atoms with van der Waals surface area (Å²) in [5.74, 6) is 0.840. The first-order valence-corrected chi connectivity index (χ1v) is 5.85. The number of nitrogens with zero attached hydrogens (tertiary/aromatic N) is 2. The molecule has 0 fully saturated rings. The van der Waals surface area contributed by atoms with Crippen LogP contribution in [0, 0.1) is 10.1 Å². The molecule has 0 aromatic carbocycles. The molecule has 0 aliphatic heterocycles. The van der Waals surface area contributed by atoms with Crippen LogP contribution in [-0.2, 0) is 6.54 Å². The lowest BCUT2D eigenvalue weighted by Crippen LogP contribution is -2.07. The van der Waals surface area contributed by atoms with Crippen LogP contribution in [0.25, 0.3) is 0 Å². The highest BCUT2D eigenvalue weighted by Crippen LogP contribution is 2.24. The van der Waals surface area contributed by atoms with Crippen LogP contribution in [0.15, 0.2) is 35.1 Å². The van der Waals surface area contributed by atoms with Crippen LogP contribution in [0.4, 0.5) is 17.3 Å². The third-order valence-corrected chi connectivity index (χ3v) is 2.47. The van der Waals surface area contributed by atoms with Gasteiger partial charge in [-0.15, -0.1) is 0 Å². The van der Waals surface area contributed by atoms with E-state index in [4.69, 9.17) is 4.42 Å². The fourth-order valence-electron chi connectivity index (χ4n) is 1.59. The van der Waals surface area contributed by atoms with Crippen LogP contribution < -0.4 is 10.6 Å². The zero-order chi connectivity index (χ0) is 13.7. The molecule has 0 aliphatic carbocycles. The van der Waals surface area contributed by atoms with Crippen molar-refractivity contribution < 1.29 is 9.34 Å². The summed E-state index contributed by atoms with van der Waals surface area (Å²) >= 11 is 0. The molecule has 0 spiro atoms. The average Bonchev–Trinajstić information content (AvgIpc) is 2.89. The summed E-state index contributed by atoms with van der Waals surface area (Å²) in [5.41, 5.74) is 0.843. The molecule has 0 amide bonds. The van der Waals surface area contributed by atoms with Crippen molar-refractivity contribution in [3.63, 3.8) is 0 Å². The summed E-state index contributed by atoms with van der Waals surface area (Å²) in [7, 11) is 0. The molecule has 0 saturated carbocycles. The first-order chi connectivity index (χ1) is 9.20. The predicted octanol–water partition coefficient (Wildman–Crippen LogP) is 2.63. The second kappa shape index (κ2) is 5.85. The van der Waals surface area contributed by atoms with Crippen LogP contribution in [0.3, 0.4) is 0 Å². The zero-order valence-electron chi connectivity index (χ0n) is 10.4. The van der Waals surface area contributed by atoms with Gasteiger partial charge < -0.3 is 15.1 Å². The van der Waals surface area contributed by atoms with E-state index >= 15 is 0 Å². The fourth-order valence-corrected chi connectivity index (χ4v) is 1.59. The van der Waals surface area contributed by atoms with E-state index in [2.05, 4.69) is 15.6 Å². The van der Waals surface area contributed by atoms with Gasteiger partial charge in [0.25, 0.3) is 0 Å². The molecule has 2 N–H and O–H groups in total. The lowest BCUT2D eigenvalue weighted by molar-refractivity contribution is -0.384. The number of furan rings is 1. The highest BCUT2D eigenvalue weighted by Gasteiger charge is 2.15. The maximum Gasteiger partial charge on any atom is 0.311 e. The van der Waals surface area contributed by atoms with E-state index in [0.717, 1.165) is 5.56 Å². The van der Waals surface area contributed by atoms with Gasteiger partial charge in [-0.2, -0.15) is 0 Å². The Labute approximate surface area is 109 Å². The standard InChI is InChI=1S/C12H14N4O3/c1-2-13-11-4-3-10(16(17)18)12(15-11)14-7-9-5-6-19-8-9/h3-6,8H,2,7H2,1H3,(H2,13,14,15). The number of nitro groups is 1. The van der Waals surface area contributed by atoms with E-state index in [9.17, 15) is 10.1 Å². The normalized spacial score (nSPS) is 10.2. The van der Waals surface area contributed by atoms with Gasteiger partial charge in [-0.05, 0) is 19.1 Å². The number of pyridine rings is 1. The molecule has 0 saturated heterocycles. The minimum Gasteiger partial charge on any atom is -0.472 e. The smallest absolute Gasteiger partial charge is 0.311 e. The van der Waals surface area contributed by atoms with Crippen molar-refractivity contribution in [1.29, 1.82) is 0 Å². The topological polar surface area (TPSA) is 93.2 Å². The van der Waals surface area contributed by atoms with Crippen molar-refractivity contribution in [3.05, 3.63) is 46.4 Å². The SMILES string of the molecule is CCNc1ccc([N+](=O)[O-])c(NCc2ccoc2)n1. The highest BCUT2D eigenvalue weighted by molar-refractivity contribution is 5.60. The third-order valence-electron chi connectivity index (χ3n) is 2.47. The Bertz CT molecular complexity index is 554. The minimum atomic E-state index is -0.458. The molecule has 100 valence electrons. The quantitative estimate of drug-likeness (QED) is 0.614. The van der Waals surface area contributed by atoms with Gasteiger partial charge in [-0.3, -0.25) is 10.1 Å². The Hall–Kier alpha value is -2.57. The molecule has 0 radical (unpaired) electrons. The van der Waals surface area contributed by atoms with E-state index in [1.54, 1.807) is 24.7 Å². The maximum atomic E-state index is 10.9. The average molecular weight is 262 g/mol. The monoisotopic (exact) mass is 262 g/mol. The fraction of sp³-hybridized carbons (Fsp3) is 0.250. The summed E-state index contributed by atoms with van der Waals surface area (Å²) in [6, 6.07) is 4.81. The van der Waals surface area contributed by atoms with Crippen LogP contribution in [0.2, 0.25) is 0 Å². The largest absolute Gasteiger partial charge is 0.472 e. The molecule has 0 atom stereocenters. The molecule has 2 heterocycles. The molecule has 0 unspecified atom stereocenters. The number of nitrogens with one attached hydrogen (secondary N) is 2. The molecule has 7 heteroatoms. The summed E-state index contributed by atoms with van der Waals surface area (Å²) in [6.45, 7) is 3.05. The second-order valence-electron chi connectivity index (χ2n) is 3.84. The van der Waals surface area contributed by atoms with E-state index in [-0.39, 0.29) is 11.5 Å². The van der Waals surface area contributed by atoms with Crippen molar-refractivity contribution in [2.24, 2.45) is 0 Å². The molecule has 7 nitrogen and oxygen atoms in total. The number of anilines is 2. The van der Waals surface area contributed by atoms with E-state index in [1.165, 1.54) is 6.07 Å². The number of aromatic nitrogens is 1. The van der Waals surface area contributed by atoms with Crippen molar-refractivity contribution in [2.45, 2.75) is 13.5 Å². The van der Waals surface area contributed by atoms with Gasteiger partial charge in [0.15, 0.2) is 0 Å². The predicted molar refractivity (Wildman–Crippen MR) is 71.1 cm³/mol. The minimum absolute atomic E-state index is 0.0508. The Morgan fingerprint density at radius 1 is 1.37 bits per heavy atom. The third kappa shape index (κ3) is 3.21. The number of rotatable bonds is 6. The number of hydrogen-bond donors (Lipinski definition) is 2. The Morgan fingerprint density at radius 2 is 2.21 bits per heavy atom. The zero-order valence-corrected chi connectivity index (χ0v) is 10.4. The van der Waals surface area contributed by atoms with Gasteiger partial charge in [-0.25, -0.2) is 4.98 Å². The van der Waals surface area contributed by atoms with Gasteiger partial charge in [-0.1, -0.05) is 0 Å². The van der Waals surface area contributed by atoms with Crippen molar-refractivity contribution in [2.75, 3.05) is 17.2 Å². The molecule has 0 bridgehead atoms. The lowest BCUT2D eigenvalue weighted by atomic mass is 10.3. The van der Waals surface area contributed by atoms with Crippen molar-refractivity contribution in [1.82, 2.24) is 4.98 Å². The van der Waals surface area contributed by atoms with Gasteiger partial charge in [0.1, 0.15) is 5.82 Å². The highest BCUT2D eigenvalue weighted by atomic mass is 16.6. The van der Waals surface area contributed by atoms with Gasteiger partial charge in [0.05, 0.1) is 17.4 Å². The van der Waals surface area contributed by atoms with E-state index in [1.807, 2.05) is 6.92 Å². The summed E-state index contributed by atoms with van der Waals surface area (Å²) in [6.07, 6.45) is 3.13. The Morgan fingerprint density at radius 3 is 2.84 bits per heavy atom. The Kier molecular flexibility index (Phi) is 3.97. The van der Waals surface area contributed by atoms with E-state index < -0.39 is 4.92 Å². The molecule has 19 heavy (non-hydrogen) atoms. The van der Waals surface area contributed by atoms with Gasteiger partial charge in [0.2, 0.25) is 5.82 Å². The second-order valence-corrected chi connectivity index (χ2v) is 3.84. The first kappa shape index (κ1) is 12.9. The van der Waals surface area contributed by atoms with Crippen LogP contribution in [0.1, 0.15) is 12.5 Å². The molecule has 2 aromatic rings. The van der Waals surface area contributed by atoms with Gasteiger partial charge >= 0.3 is 5.69 Å². The summed E-state index contributed by atoms with van der Waals surface area (Å²) in [5, 5.41) is 16.9. The van der Waals surface area contributed by atoms with Crippen molar-refractivity contribution in [3.8, 4) is 0 Å². The summed E-state index contributed by atoms with van der Waals surface area (Å²) < 4.78 is 4.94. The summed E-state index contributed by atoms with van der Waals surface area (Å²) in [4.78, 5) is 14.7. The van der Waals surface area contributed by atoms with Crippen LogP contribution in [-0.4, -0.2) is 16.5 Å². The van der Waals surface area contributed by atoms with Crippen molar-refractivity contribution >= 4 is 17.3 Å². The molecule has 2 aromatic heterocycles. The lowest BCUT2D eigenvalue weighted by Gasteiger charge is -2.08. The van der Waals surface area contributed by atoms with Gasteiger partial charge in [0, 0.05) is 24.7 Å². The number of hydrogen-bond acceptors (Lipinski definition) is 6. The molecule has 0 aliphatic rings. The molecular formula is C12H14N4O3. The Balaban J connectivity index is 2.19.